The van der Waals surface area contributed by atoms with Crippen molar-refractivity contribution in [1.82, 2.24) is 63.1 Å². The third-order valence-electron chi connectivity index (χ3n) is 12.6. The molecule has 82 heavy (non-hydrogen) atoms. The van der Waals surface area contributed by atoms with E-state index in [1.807, 2.05) is 0 Å². The fourth-order valence-corrected chi connectivity index (χ4v) is 8.80. The average molecular weight is 1180 g/mol. The van der Waals surface area contributed by atoms with Crippen LogP contribution < -0.4 is 70.4 Å². The minimum atomic E-state index is -1.64. The SMILES string of the molecule is CSCC[C@@H]1NC(=O)[C@H](CCCN=C(N)N)NC(=O)[C@H](CCC(=O)O)NC(=O)[C@H]([C@@H](C)O)NC(=O)CCCCCNC(=O)[C@H](CC(C)C)NC(=O)[C@H](CC(N)=O)NC(=O)[C@H](Cc2cnc[nH]2)NC(=O)[C@H](CC(C)C)NC(=O)[C@H](C)NC1=O. The number of hydrogen-bond donors (Lipinski definition) is 16. The molecule has 1 aliphatic heterocycles. The van der Waals surface area contributed by atoms with Crippen LogP contribution in [-0.2, 0) is 64.0 Å². The van der Waals surface area contributed by atoms with Gasteiger partial charge in [0.05, 0.1) is 18.9 Å². The van der Waals surface area contributed by atoms with Crippen LogP contribution in [0.2, 0.25) is 0 Å². The number of hydrogen-bond acceptors (Lipinski definition) is 16. The Morgan fingerprint density at radius 2 is 1.16 bits per heavy atom. The predicted octanol–water partition coefficient (Wildman–Crippen LogP) is -3.95. The molecule has 19 N–H and O–H groups in total. The highest BCUT2D eigenvalue weighted by Crippen LogP contribution is 2.12. The number of carbonyl (C=O) groups excluding carboxylic acids is 11. The first-order chi connectivity index (χ1) is 38.6. The number of thioether (sulfide) groups is 1. The molecule has 1 aliphatic rings. The first kappa shape index (κ1) is 70.5. The van der Waals surface area contributed by atoms with E-state index in [2.05, 4.69) is 68.1 Å². The second-order valence-electron chi connectivity index (χ2n) is 20.9. The molecule has 10 atom stereocenters. The van der Waals surface area contributed by atoms with Crippen molar-refractivity contribution in [2.75, 3.05) is 25.1 Å². The molecule has 0 unspecified atom stereocenters. The monoisotopic (exact) mass is 1180 g/mol. The first-order valence-electron chi connectivity index (χ1n) is 27.3. The van der Waals surface area contributed by atoms with Crippen LogP contribution in [0.1, 0.15) is 124 Å². The maximum absolute atomic E-state index is 14.2. The van der Waals surface area contributed by atoms with Gasteiger partial charge in [-0.25, -0.2) is 4.98 Å². The Bertz CT molecular complexity index is 2350. The Kier molecular flexibility index (Phi) is 31.6. The lowest BCUT2D eigenvalue weighted by molar-refractivity contribution is -0.139. The molecule has 0 bridgehead atoms. The molecule has 0 aromatic carbocycles. The van der Waals surface area contributed by atoms with E-state index < -0.39 is 151 Å². The fraction of sp³-hybridized carbons (Fsp3) is 0.686. The molecule has 11 amide bonds. The summed E-state index contributed by atoms with van der Waals surface area (Å²) in [6, 6.07) is -13.1. The molecule has 0 saturated carbocycles. The van der Waals surface area contributed by atoms with Crippen LogP contribution in [0, 0.1) is 11.8 Å². The summed E-state index contributed by atoms with van der Waals surface area (Å²) < 4.78 is 0. The van der Waals surface area contributed by atoms with Gasteiger partial charge in [0.2, 0.25) is 65.0 Å². The van der Waals surface area contributed by atoms with Crippen molar-refractivity contribution in [2.24, 2.45) is 34.0 Å². The van der Waals surface area contributed by atoms with Gasteiger partial charge in [0, 0.05) is 44.2 Å². The second-order valence-corrected chi connectivity index (χ2v) is 21.9. The molecule has 31 heteroatoms. The number of aliphatic carboxylic acids is 1. The van der Waals surface area contributed by atoms with E-state index >= 15 is 0 Å². The summed E-state index contributed by atoms with van der Waals surface area (Å²) in [7, 11) is 0. The van der Waals surface area contributed by atoms with Crippen molar-refractivity contribution < 1.29 is 67.7 Å². The van der Waals surface area contributed by atoms with Gasteiger partial charge >= 0.3 is 5.97 Å². The number of aliphatic hydroxyl groups excluding tert-OH is 1. The van der Waals surface area contributed by atoms with Gasteiger partial charge in [-0.3, -0.25) is 62.5 Å². The molecular formula is C51H86N16O14S. The van der Waals surface area contributed by atoms with Crippen molar-refractivity contribution >= 4 is 88.7 Å². The van der Waals surface area contributed by atoms with Crippen LogP contribution >= 0.6 is 11.8 Å². The van der Waals surface area contributed by atoms with Crippen LogP contribution in [-0.4, -0.2) is 183 Å². The highest BCUT2D eigenvalue weighted by molar-refractivity contribution is 7.98. The Hall–Kier alpha value is -7.57. The van der Waals surface area contributed by atoms with E-state index in [9.17, 15) is 67.7 Å². The lowest BCUT2D eigenvalue weighted by atomic mass is 10.0. The molecule has 0 radical (unpaired) electrons. The van der Waals surface area contributed by atoms with E-state index in [0.717, 1.165) is 0 Å². The summed E-state index contributed by atoms with van der Waals surface area (Å²) in [6.07, 6.45) is 1.69. The largest absolute Gasteiger partial charge is 0.481 e. The van der Waals surface area contributed by atoms with Gasteiger partial charge in [-0.05, 0) is 89.1 Å². The molecular weight excluding hydrogens is 1090 g/mol. The number of aliphatic imine (C=N–C) groups is 1. The average Bonchev–Trinajstić information content (AvgIpc) is 3.97. The zero-order valence-electron chi connectivity index (χ0n) is 47.7. The molecule has 460 valence electrons. The summed E-state index contributed by atoms with van der Waals surface area (Å²) in [6.45, 7) is 9.73. The van der Waals surface area contributed by atoms with E-state index in [4.69, 9.17) is 17.2 Å². The van der Waals surface area contributed by atoms with E-state index in [0.29, 0.717) is 24.3 Å². The zero-order valence-corrected chi connectivity index (χ0v) is 48.5. The van der Waals surface area contributed by atoms with Crippen molar-refractivity contribution in [3.63, 3.8) is 0 Å². The molecule has 0 spiro atoms. The maximum atomic E-state index is 14.2. The number of nitrogens with one attached hydrogen (secondary N) is 11. The topological polar surface area (TPSA) is 485 Å². The number of nitrogens with zero attached hydrogens (tertiary/aromatic N) is 2. The molecule has 0 aliphatic carbocycles. The Morgan fingerprint density at radius 1 is 0.646 bits per heavy atom. The molecule has 2 heterocycles. The van der Waals surface area contributed by atoms with Gasteiger partial charge in [-0.2, -0.15) is 11.8 Å². The number of carboxylic acids is 1. The van der Waals surface area contributed by atoms with Gasteiger partial charge < -0.3 is 85.6 Å². The van der Waals surface area contributed by atoms with Crippen molar-refractivity contribution in [3.05, 3.63) is 18.2 Å². The molecule has 1 aromatic rings. The van der Waals surface area contributed by atoms with E-state index in [1.54, 1.807) is 34.0 Å². The maximum Gasteiger partial charge on any atom is 0.303 e. The minimum Gasteiger partial charge on any atom is -0.481 e. The quantitative estimate of drug-likeness (QED) is 0.0357. The zero-order chi connectivity index (χ0) is 61.6. The molecule has 1 aromatic heterocycles. The number of H-pyrrole nitrogens is 1. The normalized spacial score (nSPS) is 24.8. The summed E-state index contributed by atoms with van der Waals surface area (Å²) in [5, 5.41) is 45.8. The summed E-state index contributed by atoms with van der Waals surface area (Å²) in [5.74, 6) is -11.4. The number of aromatic nitrogens is 2. The number of carboxylic acid groups (broad SMARTS) is 1. The summed E-state index contributed by atoms with van der Waals surface area (Å²) in [5.41, 5.74) is 16.9. The van der Waals surface area contributed by atoms with Gasteiger partial charge in [-0.15, -0.1) is 0 Å². The Labute approximate surface area is 480 Å². The van der Waals surface area contributed by atoms with Crippen LogP contribution in [0.4, 0.5) is 0 Å². The minimum absolute atomic E-state index is 0.000523. The predicted molar refractivity (Wildman–Crippen MR) is 301 cm³/mol. The standard InChI is InChI=1S/C51H86N16O14S/c1-26(2)20-34-43(74)56-17-10-8-9-13-39(70)67-41(29(6)68)50(81)62-32(14-15-40(71)72)46(77)60-31(12-11-18-57-51(53)54)45(76)61-33(16-19-82-7)44(75)59-28(5)42(73)63-35(21-27(3)4)47(78)65-36(22-30-24-55-25-58-30)48(79)66-37(23-38(52)69)49(80)64-34/h24-29,31-37,41,68H,8-23H2,1-7H3,(H2,52,69)(H,55,58)(H,56,74)(H,59,75)(H,60,77)(H,61,76)(H,62,81)(H,63,73)(H,64,80)(H,65,78)(H,66,79)(H,67,70)(H,71,72)(H4,53,54,57)/t28-,29+,31-,32-,33-,34-,35-,36-,37-,41-/m0/s1. The number of guanidine groups is 1. The number of rotatable bonds is 19. The van der Waals surface area contributed by atoms with Gasteiger partial charge in [-0.1, -0.05) is 34.1 Å². The summed E-state index contributed by atoms with van der Waals surface area (Å²) >= 11 is 1.32. The van der Waals surface area contributed by atoms with Crippen LogP contribution in [0.25, 0.3) is 0 Å². The lowest BCUT2D eigenvalue weighted by Gasteiger charge is -2.28. The molecule has 2 rings (SSSR count). The number of amides is 11. The number of aliphatic hydroxyl groups is 1. The van der Waals surface area contributed by atoms with Gasteiger partial charge in [0.15, 0.2) is 5.96 Å². The smallest absolute Gasteiger partial charge is 0.303 e. The number of aromatic amines is 1. The van der Waals surface area contributed by atoms with Crippen LogP contribution in [0.5, 0.6) is 0 Å². The Morgan fingerprint density at radius 3 is 1.72 bits per heavy atom. The van der Waals surface area contributed by atoms with Crippen molar-refractivity contribution in [3.8, 4) is 0 Å². The van der Waals surface area contributed by atoms with Gasteiger partial charge in [0.1, 0.15) is 54.4 Å². The van der Waals surface area contributed by atoms with Crippen molar-refractivity contribution in [1.29, 1.82) is 0 Å². The number of primary amides is 1. The third-order valence-corrected chi connectivity index (χ3v) is 13.3. The number of imidazole rings is 1. The van der Waals surface area contributed by atoms with Crippen LogP contribution in [0.3, 0.4) is 0 Å². The fourth-order valence-electron chi connectivity index (χ4n) is 8.33. The van der Waals surface area contributed by atoms with Crippen molar-refractivity contribution in [2.45, 2.75) is 185 Å². The Balaban J connectivity index is 2.69. The number of carbonyl (C=O) groups is 12. The second kappa shape index (κ2) is 36.7. The molecule has 30 nitrogen and oxygen atoms in total. The highest BCUT2D eigenvalue weighted by Gasteiger charge is 2.36. The first-order valence-corrected chi connectivity index (χ1v) is 28.7. The molecule has 1 saturated heterocycles. The summed E-state index contributed by atoms with van der Waals surface area (Å²) in [4.78, 5) is 174. The number of nitrogens with two attached hydrogens (primary N) is 3. The van der Waals surface area contributed by atoms with E-state index in [1.165, 1.54) is 38.1 Å². The highest BCUT2D eigenvalue weighted by atomic mass is 32.2. The molecule has 1 fully saturated rings. The van der Waals surface area contributed by atoms with Crippen LogP contribution in [0.15, 0.2) is 17.5 Å². The lowest BCUT2D eigenvalue weighted by Crippen LogP contribution is -2.61. The van der Waals surface area contributed by atoms with E-state index in [-0.39, 0.29) is 82.3 Å². The third kappa shape index (κ3) is 27.3. The van der Waals surface area contributed by atoms with Gasteiger partial charge in [0.25, 0.3) is 0 Å².